The van der Waals surface area contributed by atoms with Gasteiger partial charge in [-0.1, -0.05) is 37.0 Å². The van der Waals surface area contributed by atoms with E-state index in [1.165, 1.54) is 12.1 Å². The van der Waals surface area contributed by atoms with E-state index < -0.39 is 5.82 Å². The Hall–Kier alpha value is -0.350. The maximum atomic E-state index is 13.5. The van der Waals surface area contributed by atoms with Crippen LogP contribution in [0.1, 0.15) is 38.8 Å². The molecular formula is C15H22Cl2FNO. The zero-order valence-corrected chi connectivity index (χ0v) is 13.9. The van der Waals surface area contributed by atoms with Crippen molar-refractivity contribution in [2.24, 2.45) is 5.41 Å². The fraction of sp³-hybridized carbons (Fsp3) is 0.600. The molecule has 0 aliphatic heterocycles. The lowest BCUT2D eigenvalue weighted by Crippen LogP contribution is -2.32. The summed E-state index contributed by atoms with van der Waals surface area (Å²) in [4.78, 5) is 0. The SMILES string of the molecule is COCCC(C)(C)CNC(C)c1cc(F)c(Cl)cc1Cl. The van der Waals surface area contributed by atoms with Crippen LogP contribution in [0.15, 0.2) is 12.1 Å². The van der Waals surface area contributed by atoms with Crippen molar-refractivity contribution in [3.8, 4) is 0 Å². The first-order chi connectivity index (χ1) is 9.26. The number of hydrogen-bond donors (Lipinski definition) is 1. The minimum absolute atomic E-state index is 0.0453. The molecule has 0 amide bonds. The van der Waals surface area contributed by atoms with Crippen molar-refractivity contribution in [2.45, 2.75) is 33.2 Å². The molecule has 2 nitrogen and oxygen atoms in total. The number of benzene rings is 1. The van der Waals surface area contributed by atoms with Gasteiger partial charge < -0.3 is 10.1 Å². The fourth-order valence-electron chi connectivity index (χ4n) is 1.88. The second-order valence-electron chi connectivity index (χ2n) is 5.80. The normalized spacial score (nSPS) is 13.6. The van der Waals surface area contributed by atoms with Crippen molar-refractivity contribution in [3.05, 3.63) is 33.6 Å². The summed E-state index contributed by atoms with van der Waals surface area (Å²) in [7, 11) is 1.70. The number of rotatable bonds is 7. The lowest BCUT2D eigenvalue weighted by Gasteiger charge is -2.27. The molecule has 1 atom stereocenters. The van der Waals surface area contributed by atoms with E-state index in [-0.39, 0.29) is 16.5 Å². The molecule has 1 aromatic carbocycles. The van der Waals surface area contributed by atoms with E-state index in [4.69, 9.17) is 27.9 Å². The van der Waals surface area contributed by atoms with Crippen LogP contribution in [0.25, 0.3) is 0 Å². The van der Waals surface area contributed by atoms with Gasteiger partial charge in [0, 0.05) is 31.3 Å². The average molecular weight is 322 g/mol. The first-order valence-electron chi connectivity index (χ1n) is 6.63. The van der Waals surface area contributed by atoms with Crippen LogP contribution in [0.2, 0.25) is 10.0 Å². The van der Waals surface area contributed by atoms with Gasteiger partial charge in [-0.25, -0.2) is 4.39 Å². The molecule has 1 N–H and O–H groups in total. The number of nitrogens with one attached hydrogen (secondary N) is 1. The molecule has 0 saturated carbocycles. The van der Waals surface area contributed by atoms with Crippen molar-refractivity contribution in [3.63, 3.8) is 0 Å². The summed E-state index contributed by atoms with van der Waals surface area (Å²) in [6, 6.07) is 2.79. The molecule has 0 radical (unpaired) electrons. The van der Waals surface area contributed by atoms with Crippen LogP contribution in [0, 0.1) is 11.2 Å². The van der Waals surface area contributed by atoms with E-state index in [2.05, 4.69) is 19.2 Å². The summed E-state index contributed by atoms with van der Waals surface area (Å²) < 4.78 is 18.6. The molecule has 1 rings (SSSR count). The van der Waals surface area contributed by atoms with Crippen LogP contribution in [-0.2, 0) is 4.74 Å². The van der Waals surface area contributed by atoms with E-state index >= 15 is 0 Å². The van der Waals surface area contributed by atoms with Gasteiger partial charge in [0.15, 0.2) is 0 Å². The van der Waals surface area contributed by atoms with Gasteiger partial charge in [0.25, 0.3) is 0 Å². The topological polar surface area (TPSA) is 21.3 Å². The van der Waals surface area contributed by atoms with Crippen molar-refractivity contribution >= 4 is 23.2 Å². The Morgan fingerprint density at radius 1 is 1.30 bits per heavy atom. The Balaban J connectivity index is 2.67. The van der Waals surface area contributed by atoms with E-state index in [0.717, 1.165) is 25.1 Å². The van der Waals surface area contributed by atoms with Gasteiger partial charge in [-0.05, 0) is 36.5 Å². The van der Waals surface area contributed by atoms with E-state index in [9.17, 15) is 4.39 Å². The lowest BCUT2D eigenvalue weighted by atomic mass is 9.89. The minimum Gasteiger partial charge on any atom is -0.385 e. The zero-order valence-electron chi connectivity index (χ0n) is 12.4. The molecule has 0 aromatic heterocycles. The summed E-state index contributed by atoms with van der Waals surface area (Å²) >= 11 is 11.8. The van der Waals surface area contributed by atoms with Crippen molar-refractivity contribution in [2.75, 3.05) is 20.3 Å². The molecule has 0 bridgehead atoms. The van der Waals surface area contributed by atoms with Crippen LogP contribution in [-0.4, -0.2) is 20.3 Å². The average Bonchev–Trinajstić information content (AvgIpc) is 2.38. The van der Waals surface area contributed by atoms with Gasteiger partial charge in [-0.15, -0.1) is 0 Å². The van der Waals surface area contributed by atoms with Crippen LogP contribution in [0.5, 0.6) is 0 Å². The monoisotopic (exact) mass is 321 g/mol. The molecule has 1 aromatic rings. The van der Waals surface area contributed by atoms with E-state index in [0.29, 0.717) is 5.02 Å². The maximum absolute atomic E-state index is 13.5. The second kappa shape index (κ2) is 7.60. The molecular weight excluding hydrogens is 300 g/mol. The standard InChI is InChI=1S/C15H22Cl2FNO/c1-10(19-9-15(2,3)5-6-20-4)11-7-14(18)13(17)8-12(11)16/h7-8,10,19H,5-6,9H2,1-4H3. The Morgan fingerprint density at radius 3 is 2.55 bits per heavy atom. The van der Waals surface area contributed by atoms with Crippen LogP contribution < -0.4 is 5.32 Å². The number of halogens is 3. The summed E-state index contributed by atoms with van der Waals surface area (Å²) in [6.07, 6.45) is 0.950. The molecule has 20 heavy (non-hydrogen) atoms. The van der Waals surface area contributed by atoms with Crippen molar-refractivity contribution in [1.29, 1.82) is 0 Å². The van der Waals surface area contributed by atoms with Gasteiger partial charge in [-0.3, -0.25) is 0 Å². The van der Waals surface area contributed by atoms with Gasteiger partial charge in [0.1, 0.15) is 5.82 Å². The molecule has 0 fully saturated rings. The smallest absolute Gasteiger partial charge is 0.142 e. The molecule has 1 unspecified atom stereocenters. The predicted octanol–water partition coefficient (Wildman–Crippen LogP) is 4.85. The highest BCUT2D eigenvalue weighted by atomic mass is 35.5. The molecule has 0 saturated heterocycles. The lowest BCUT2D eigenvalue weighted by molar-refractivity contribution is 0.149. The van der Waals surface area contributed by atoms with E-state index in [1.807, 2.05) is 6.92 Å². The highest BCUT2D eigenvalue weighted by molar-refractivity contribution is 6.35. The molecule has 0 spiro atoms. The first kappa shape index (κ1) is 17.7. The van der Waals surface area contributed by atoms with Crippen LogP contribution in [0.4, 0.5) is 4.39 Å². The van der Waals surface area contributed by atoms with Gasteiger partial charge >= 0.3 is 0 Å². The third-order valence-corrected chi connectivity index (χ3v) is 3.99. The molecule has 0 aliphatic rings. The highest BCUT2D eigenvalue weighted by Gasteiger charge is 2.20. The largest absolute Gasteiger partial charge is 0.385 e. The quantitative estimate of drug-likeness (QED) is 0.725. The Morgan fingerprint density at radius 2 is 1.95 bits per heavy atom. The van der Waals surface area contributed by atoms with Crippen molar-refractivity contribution < 1.29 is 9.13 Å². The van der Waals surface area contributed by atoms with Gasteiger partial charge in [0.2, 0.25) is 0 Å². The Labute approximate surface area is 130 Å². The fourth-order valence-corrected chi connectivity index (χ4v) is 2.42. The Bertz CT molecular complexity index is 452. The first-order valence-corrected chi connectivity index (χ1v) is 7.39. The summed E-state index contributed by atoms with van der Waals surface area (Å²) in [5, 5.41) is 3.91. The van der Waals surface area contributed by atoms with Gasteiger partial charge in [0.05, 0.1) is 5.02 Å². The Kier molecular flexibility index (Phi) is 6.73. The summed E-state index contributed by atoms with van der Waals surface area (Å²) in [6.45, 7) is 7.80. The maximum Gasteiger partial charge on any atom is 0.142 e. The van der Waals surface area contributed by atoms with Crippen LogP contribution in [0.3, 0.4) is 0 Å². The zero-order chi connectivity index (χ0) is 15.3. The minimum atomic E-state index is -0.446. The van der Waals surface area contributed by atoms with E-state index in [1.54, 1.807) is 7.11 Å². The number of methoxy groups -OCH3 is 1. The van der Waals surface area contributed by atoms with Crippen LogP contribution >= 0.6 is 23.2 Å². The molecule has 114 valence electrons. The number of ether oxygens (including phenoxy) is 1. The molecule has 0 aliphatic carbocycles. The van der Waals surface area contributed by atoms with Crippen molar-refractivity contribution in [1.82, 2.24) is 5.32 Å². The predicted molar refractivity (Wildman–Crippen MR) is 83.1 cm³/mol. The third kappa shape index (κ3) is 5.21. The van der Waals surface area contributed by atoms with Gasteiger partial charge in [-0.2, -0.15) is 0 Å². The molecule has 5 heteroatoms. The summed E-state index contributed by atoms with van der Waals surface area (Å²) in [5.41, 5.74) is 0.818. The number of hydrogen-bond acceptors (Lipinski definition) is 2. The third-order valence-electron chi connectivity index (χ3n) is 3.38. The summed E-state index contributed by atoms with van der Waals surface area (Å²) in [5.74, 6) is -0.446. The second-order valence-corrected chi connectivity index (χ2v) is 6.61. The highest BCUT2D eigenvalue weighted by Crippen LogP contribution is 2.29. The molecule has 0 heterocycles.